The van der Waals surface area contributed by atoms with Crippen molar-refractivity contribution in [2.24, 2.45) is 5.73 Å². The van der Waals surface area contributed by atoms with Gasteiger partial charge in [0, 0.05) is 11.3 Å². The molecule has 0 radical (unpaired) electrons. The highest BCUT2D eigenvalue weighted by Gasteiger charge is 2.34. The number of rotatable bonds is 0. The molecular formula is C9H7F3N2O. The smallest absolute Gasteiger partial charge is 0.324 e. The van der Waals surface area contributed by atoms with Gasteiger partial charge >= 0.3 is 6.18 Å². The summed E-state index contributed by atoms with van der Waals surface area (Å²) in [7, 11) is 0. The molecule has 0 bridgehead atoms. The maximum Gasteiger partial charge on any atom is 0.416 e. The van der Waals surface area contributed by atoms with E-state index in [1.54, 1.807) is 0 Å². The molecule has 1 aromatic carbocycles. The van der Waals surface area contributed by atoms with Crippen LogP contribution >= 0.6 is 0 Å². The molecule has 80 valence electrons. The molecule has 1 amide bonds. The summed E-state index contributed by atoms with van der Waals surface area (Å²) in [5.74, 6) is -0.482. The fraction of sp³-hybridized carbons (Fsp3) is 0.222. The maximum absolute atomic E-state index is 12.3. The molecular weight excluding hydrogens is 209 g/mol. The maximum atomic E-state index is 12.3. The van der Waals surface area contributed by atoms with Crippen LogP contribution in [0.2, 0.25) is 0 Å². The Kier molecular flexibility index (Phi) is 1.97. The molecule has 0 spiro atoms. The van der Waals surface area contributed by atoms with Gasteiger partial charge in [-0.3, -0.25) is 4.79 Å². The van der Waals surface area contributed by atoms with Crippen molar-refractivity contribution in [2.75, 3.05) is 5.32 Å². The molecule has 1 aliphatic heterocycles. The summed E-state index contributed by atoms with van der Waals surface area (Å²) in [5, 5.41) is 2.39. The summed E-state index contributed by atoms with van der Waals surface area (Å²) in [5.41, 5.74) is 5.16. The van der Waals surface area contributed by atoms with Crippen molar-refractivity contribution in [2.45, 2.75) is 12.2 Å². The number of amides is 1. The Morgan fingerprint density at radius 2 is 2.00 bits per heavy atom. The highest BCUT2D eigenvalue weighted by atomic mass is 19.4. The van der Waals surface area contributed by atoms with Crippen LogP contribution in [0.3, 0.4) is 0 Å². The molecule has 2 rings (SSSR count). The second-order valence-corrected chi connectivity index (χ2v) is 3.27. The van der Waals surface area contributed by atoms with E-state index in [0.29, 0.717) is 5.69 Å². The van der Waals surface area contributed by atoms with Crippen LogP contribution in [0.15, 0.2) is 18.2 Å². The first-order valence-electron chi connectivity index (χ1n) is 4.17. The van der Waals surface area contributed by atoms with Crippen molar-refractivity contribution in [1.29, 1.82) is 0 Å². The van der Waals surface area contributed by atoms with Gasteiger partial charge in [0.1, 0.15) is 6.04 Å². The minimum absolute atomic E-state index is 0.190. The first-order valence-corrected chi connectivity index (χ1v) is 4.17. The van der Waals surface area contributed by atoms with Gasteiger partial charge in [-0.15, -0.1) is 0 Å². The third-order valence-electron chi connectivity index (χ3n) is 2.25. The molecule has 0 saturated heterocycles. The van der Waals surface area contributed by atoms with E-state index in [9.17, 15) is 18.0 Å². The number of hydrogen-bond acceptors (Lipinski definition) is 2. The summed E-state index contributed by atoms with van der Waals surface area (Å²) in [4.78, 5) is 11.1. The second-order valence-electron chi connectivity index (χ2n) is 3.27. The second kappa shape index (κ2) is 2.96. The lowest BCUT2D eigenvalue weighted by Gasteiger charge is -2.08. The average Bonchev–Trinajstić information content (AvgIpc) is 2.41. The molecule has 0 aromatic heterocycles. The molecule has 1 heterocycles. The van der Waals surface area contributed by atoms with Gasteiger partial charge in [0.2, 0.25) is 5.91 Å². The van der Waals surface area contributed by atoms with E-state index in [1.165, 1.54) is 6.07 Å². The lowest BCUT2D eigenvalue weighted by Crippen LogP contribution is -2.19. The van der Waals surface area contributed by atoms with E-state index >= 15 is 0 Å². The van der Waals surface area contributed by atoms with E-state index in [0.717, 1.165) is 12.1 Å². The number of benzene rings is 1. The summed E-state index contributed by atoms with van der Waals surface area (Å²) in [6.07, 6.45) is -4.42. The molecule has 1 unspecified atom stereocenters. The van der Waals surface area contributed by atoms with Gasteiger partial charge in [0.05, 0.1) is 5.56 Å². The zero-order valence-corrected chi connectivity index (χ0v) is 7.43. The molecule has 3 nitrogen and oxygen atoms in total. The van der Waals surface area contributed by atoms with Crippen LogP contribution in [-0.4, -0.2) is 5.91 Å². The number of alkyl halides is 3. The zero-order valence-electron chi connectivity index (χ0n) is 7.43. The molecule has 1 aromatic rings. The molecule has 3 N–H and O–H groups in total. The first-order chi connectivity index (χ1) is 6.89. The molecule has 6 heteroatoms. The Morgan fingerprint density at radius 1 is 1.33 bits per heavy atom. The number of nitrogens with two attached hydrogens (primary N) is 1. The minimum atomic E-state index is -4.42. The lowest BCUT2D eigenvalue weighted by atomic mass is 10.1. The van der Waals surface area contributed by atoms with Gasteiger partial charge in [-0.1, -0.05) is 0 Å². The summed E-state index contributed by atoms with van der Waals surface area (Å²) in [6.45, 7) is 0. The van der Waals surface area contributed by atoms with Crippen LogP contribution in [0.4, 0.5) is 18.9 Å². The van der Waals surface area contributed by atoms with Crippen molar-refractivity contribution >= 4 is 11.6 Å². The Hall–Kier alpha value is -1.56. The number of carbonyl (C=O) groups excluding carboxylic acids is 1. The van der Waals surface area contributed by atoms with Gasteiger partial charge < -0.3 is 11.1 Å². The predicted molar refractivity (Wildman–Crippen MR) is 47.0 cm³/mol. The number of nitrogens with one attached hydrogen (secondary N) is 1. The Labute approximate surface area is 83.1 Å². The SMILES string of the molecule is NC1C(=O)Nc2ccc(C(F)(F)F)cc21. The van der Waals surface area contributed by atoms with Gasteiger partial charge in [-0.2, -0.15) is 13.2 Å². The standard InChI is InChI=1S/C9H7F3N2O/c10-9(11,12)4-1-2-6-5(3-4)7(13)8(15)14-6/h1-3,7H,13H2,(H,14,15). The molecule has 1 atom stereocenters. The summed E-state index contributed by atoms with van der Waals surface area (Å²) in [6, 6.07) is 2.01. The van der Waals surface area contributed by atoms with E-state index in [4.69, 9.17) is 5.73 Å². The van der Waals surface area contributed by atoms with E-state index < -0.39 is 23.7 Å². The number of fused-ring (bicyclic) bond motifs is 1. The Morgan fingerprint density at radius 3 is 2.60 bits per heavy atom. The topological polar surface area (TPSA) is 55.1 Å². The van der Waals surface area contributed by atoms with Crippen molar-refractivity contribution < 1.29 is 18.0 Å². The largest absolute Gasteiger partial charge is 0.416 e. The molecule has 0 saturated carbocycles. The van der Waals surface area contributed by atoms with Crippen molar-refractivity contribution in [3.05, 3.63) is 29.3 Å². The van der Waals surface area contributed by atoms with Crippen molar-refractivity contribution in [3.8, 4) is 0 Å². The van der Waals surface area contributed by atoms with Crippen LogP contribution < -0.4 is 11.1 Å². The third kappa shape index (κ3) is 1.56. The molecule has 0 fully saturated rings. The van der Waals surface area contributed by atoms with Crippen LogP contribution in [0.25, 0.3) is 0 Å². The highest BCUT2D eigenvalue weighted by Crippen LogP contribution is 2.36. The monoisotopic (exact) mass is 216 g/mol. The highest BCUT2D eigenvalue weighted by molar-refractivity contribution is 6.02. The van der Waals surface area contributed by atoms with Gasteiger partial charge in [0.25, 0.3) is 0 Å². The number of hydrogen-bond donors (Lipinski definition) is 2. The minimum Gasteiger partial charge on any atom is -0.324 e. The number of anilines is 1. The van der Waals surface area contributed by atoms with Crippen LogP contribution in [0, 0.1) is 0 Å². The molecule has 15 heavy (non-hydrogen) atoms. The molecule has 1 aliphatic rings. The normalized spacial score (nSPS) is 20.0. The van der Waals surface area contributed by atoms with Gasteiger partial charge in [-0.25, -0.2) is 0 Å². The van der Waals surface area contributed by atoms with E-state index in [2.05, 4.69) is 5.32 Å². The quantitative estimate of drug-likeness (QED) is 0.692. The summed E-state index contributed by atoms with van der Waals surface area (Å²) < 4.78 is 37.0. The third-order valence-corrected chi connectivity index (χ3v) is 2.25. The van der Waals surface area contributed by atoms with E-state index in [-0.39, 0.29) is 5.56 Å². The zero-order chi connectivity index (χ0) is 11.2. The lowest BCUT2D eigenvalue weighted by molar-refractivity contribution is -0.137. The fourth-order valence-electron chi connectivity index (χ4n) is 1.46. The number of carbonyl (C=O) groups is 1. The summed E-state index contributed by atoms with van der Waals surface area (Å²) >= 11 is 0. The molecule has 0 aliphatic carbocycles. The van der Waals surface area contributed by atoms with Gasteiger partial charge in [0.15, 0.2) is 0 Å². The van der Waals surface area contributed by atoms with Crippen LogP contribution in [-0.2, 0) is 11.0 Å². The van der Waals surface area contributed by atoms with Crippen LogP contribution in [0.1, 0.15) is 17.2 Å². The first kappa shape index (κ1) is 9.97. The average molecular weight is 216 g/mol. The Bertz CT molecular complexity index is 428. The number of halogens is 3. The Balaban J connectivity index is 2.49. The van der Waals surface area contributed by atoms with E-state index in [1.807, 2.05) is 0 Å². The van der Waals surface area contributed by atoms with Crippen molar-refractivity contribution in [3.63, 3.8) is 0 Å². The fourth-order valence-corrected chi connectivity index (χ4v) is 1.46. The van der Waals surface area contributed by atoms with Crippen LogP contribution in [0.5, 0.6) is 0 Å². The predicted octanol–water partition coefficient (Wildman–Crippen LogP) is 1.66. The van der Waals surface area contributed by atoms with Crippen molar-refractivity contribution in [1.82, 2.24) is 0 Å². The van der Waals surface area contributed by atoms with Gasteiger partial charge in [-0.05, 0) is 18.2 Å².